The molecular weight excluding hydrogens is 419 g/mol. The molecule has 0 fully saturated rings. The van der Waals surface area contributed by atoms with Crippen LogP contribution in [0.15, 0.2) is 71.8 Å². The van der Waals surface area contributed by atoms with Crippen molar-refractivity contribution in [3.8, 4) is 0 Å². The molecule has 0 bridgehead atoms. The molecule has 9 heteroatoms. The Morgan fingerprint density at radius 1 is 1.10 bits per heavy atom. The van der Waals surface area contributed by atoms with Crippen LogP contribution < -0.4 is 10.2 Å². The quantitative estimate of drug-likeness (QED) is 0.656. The third-order valence-electron chi connectivity index (χ3n) is 5.05. The lowest BCUT2D eigenvalue weighted by atomic mass is 10.1. The first-order chi connectivity index (χ1) is 14.9. The van der Waals surface area contributed by atoms with Crippen LogP contribution >= 0.6 is 0 Å². The van der Waals surface area contributed by atoms with Gasteiger partial charge in [-0.1, -0.05) is 25.1 Å². The van der Waals surface area contributed by atoms with Crippen molar-refractivity contribution in [3.05, 3.63) is 78.2 Å². The third-order valence-corrected chi connectivity index (χ3v) is 6.85. The largest absolute Gasteiger partial charge is 0.325 e. The van der Waals surface area contributed by atoms with Crippen molar-refractivity contribution in [2.75, 3.05) is 23.4 Å². The summed E-state index contributed by atoms with van der Waals surface area (Å²) in [5, 5.41) is 2.80. The van der Waals surface area contributed by atoms with Gasteiger partial charge >= 0.3 is 0 Å². The zero-order valence-corrected chi connectivity index (χ0v) is 17.6. The number of aryl methyl sites for hydroxylation is 1. The molecule has 0 atom stereocenters. The van der Waals surface area contributed by atoms with Gasteiger partial charge in [0.25, 0.3) is 0 Å². The Labute approximate surface area is 180 Å². The molecule has 1 aliphatic rings. The lowest BCUT2D eigenvalue weighted by Gasteiger charge is -2.36. The molecule has 0 spiro atoms. The molecule has 2 aromatic carbocycles. The Morgan fingerprint density at radius 3 is 2.58 bits per heavy atom. The number of anilines is 3. The molecule has 0 unspecified atom stereocenters. The van der Waals surface area contributed by atoms with Crippen molar-refractivity contribution in [1.82, 2.24) is 9.29 Å². The molecule has 31 heavy (non-hydrogen) atoms. The number of benzene rings is 2. The minimum Gasteiger partial charge on any atom is -0.325 e. The van der Waals surface area contributed by atoms with Crippen LogP contribution in [0.3, 0.4) is 0 Å². The van der Waals surface area contributed by atoms with Gasteiger partial charge in [-0.3, -0.25) is 4.79 Å². The predicted octanol–water partition coefficient (Wildman–Crippen LogP) is 3.52. The summed E-state index contributed by atoms with van der Waals surface area (Å²) in [5.41, 5.74) is 2.18. The lowest BCUT2D eigenvalue weighted by Crippen LogP contribution is -2.47. The molecule has 1 amide bonds. The van der Waals surface area contributed by atoms with Gasteiger partial charge in [-0.25, -0.2) is 17.8 Å². The maximum atomic E-state index is 13.4. The van der Waals surface area contributed by atoms with Crippen LogP contribution in [0.4, 0.5) is 21.6 Å². The van der Waals surface area contributed by atoms with E-state index in [2.05, 4.69) is 10.3 Å². The zero-order chi connectivity index (χ0) is 22.0. The number of hydrogen-bond acceptors (Lipinski definition) is 5. The van der Waals surface area contributed by atoms with E-state index in [9.17, 15) is 17.6 Å². The SMILES string of the molecule is CCc1ccccc1NC(=O)CN1CN(c2ccc(F)cc2)c2ncccc2S1(=O)=O. The second-order valence-electron chi connectivity index (χ2n) is 7.04. The van der Waals surface area contributed by atoms with Gasteiger partial charge in [0.05, 0.1) is 13.2 Å². The number of aromatic nitrogens is 1. The van der Waals surface area contributed by atoms with E-state index in [-0.39, 0.29) is 23.9 Å². The maximum absolute atomic E-state index is 13.4. The van der Waals surface area contributed by atoms with Gasteiger partial charge in [-0.05, 0) is 54.4 Å². The summed E-state index contributed by atoms with van der Waals surface area (Å²) in [5.74, 6) is -0.613. The van der Waals surface area contributed by atoms with Crippen LogP contribution in [-0.4, -0.2) is 36.8 Å². The molecule has 160 valence electrons. The first kappa shape index (κ1) is 21.0. The van der Waals surface area contributed by atoms with Gasteiger partial charge in [-0.2, -0.15) is 4.31 Å². The molecule has 1 N–H and O–H groups in total. The maximum Gasteiger partial charge on any atom is 0.248 e. The average Bonchev–Trinajstić information content (AvgIpc) is 2.77. The number of carbonyl (C=O) groups is 1. The highest BCUT2D eigenvalue weighted by Gasteiger charge is 2.38. The van der Waals surface area contributed by atoms with Crippen LogP contribution in [0.2, 0.25) is 0 Å². The van der Waals surface area contributed by atoms with Crippen LogP contribution in [-0.2, 0) is 21.2 Å². The molecule has 2 heterocycles. The lowest BCUT2D eigenvalue weighted by molar-refractivity contribution is -0.116. The standard InChI is InChI=1S/C22H21FN4O3S/c1-2-16-6-3-4-7-19(16)25-21(28)14-26-15-27(18-11-9-17(23)10-12-18)22-20(31(26,29)30)8-5-13-24-22/h3-13H,2,14-15H2,1H3,(H,25,28). The number of hydrogen-bond donors (Lipinski definition) is 1. The number of pyridine rings is 1. The molecule has 0 saturated carbocycles. The Balaban J connectivity index is 1.65. The molecule has 1 aliphatic heterocycles. The number of amides is 1. The summed E-state index contributed by atoms with van der Waals surface area (Å²) < 4.78 is 40.8. The number of nitrogens with one attached hydrogen (secondary N) is 1. The average molecular weight is 441 g/mol. The van der Waals surface area contributed by atoms with Gasteiger partial charge in [0.2, 0.25) is 15.9 Å². The number of rotatable bonds is 5. The minimum absolute atomic E-state index is 0.00710. The number of nitrogens with zero attached hydrogens (tertiary/aromatic N) is 3. The van der Waals surface area contributed by atoms with E-state index >= 15 is 0 Å². The minimum atomic E-state index is -3.94. The van der Waals surface area contributed by atoms with Crippen LogP contribution in [0, 0.1) is 5.82 Å². The highest BCUT2D eigenvalue weighted by Crippen LogP contribution is 2.36. The highest BCUT2D eigenvalue weighted by molar-refractivity contribution is 7.89. The van der Waals surface area contributed by atoms with Crippen LogP contribution in [0.5, 0.6) is 0 Å². The van der Waals surface area contributed by atoms with E-state index in [1.54, 1.807) is 23.1 Å². The topological polar surface area (TPSA) is 82.6 Å². The summed E-state index contributed by atoms with van der Waals surface area (Å²) in [4.78, 5) is 18.6. The number of fused-ring (bicyclic) bond motifs is 1. The van der Waals surface area contributed by atoms with E-state index in [1.807, 2.05) is 25.1 Å². The Kier molecular flexibility index (Phi) is 5.71. The summed E-state index contributed by atoms with van der Waals surface area (Å²) in [6, 6.07) is 16.0. The predicted molar refractivity (Wildman–Crippen MR) is 116 cm³/mol. The molecule has 7 nitrogen and oxygen atoms in total. The van der Waals surface area contributed by atoms with Gasteiger partial charge in [0.1, 0.15) is 10.7 Å². The van der Waals surface area contributed by atoms with Crippen molar-refractivity contribution in [3.63, 3.8) is 0 Å². The monoisotopic (exact) mass is 440 g/mol. The Bertz CT molecular complexity index is 1220. The smallest absolute Gasteiger partial charge is 0.248 e. The number of carbonyl (C=O) groups excluding carboxylic acids is 1. The van der Waals surface area contributed by atoms with E-state index in [0.717, 1.165) is 16.3 Å². The number of sulfonamides is 1. The number of halogens is 1. The molecule has 3 aromatic rings. The van der Waals surface area contributed by atoms with Crippen molar-refractivity contribution in [2.45, 2.75) is 18.2 Å². The highest BCUT2D eigenvalue weighted by atomic mass is 32.2. The van der Waals surface area contributed by atoms with E-state index < -0.39 is 21.7 Å². The summed E-state index contributed by atoms with van der Waals surface area (Å²) in [6.45, 7) is 1.48. The van der Waals surface area contributed by atoms with Gasteiger partial charge in [-0.15, -0.1) is 0 Å². The normalized spacial score (nSPS) is 15.4. The summed E-state index contributed by atoms with van der Waals surface area (Å²) >= 11 is 0. The van der Waals surface area contributed by atoms with Crippen molar-refractivity contribution in [1.29, 1.82) is 0 Å². The zero-order valence-electron chi connectivity index (χ0n) is 16.8. The Morgan fingerprint density at radius 2 is 1.84 bits per heavy atom. The second kappa shape index (κ2) is 8.44. The molecule has 0 aliphatic carbocycles. The second-order valence-corrected chi connectivity index (χ2v) is 8.95. The summed E-state index contributed by atoms with van der Waals surface area (Å²) in [6.07, 6.45) is 2.23. The van der Waals surface area contributed by atoms with Crippen molar-refractivity contribution < 1.29 is 17.6 Å². The van der Waals surface area contributed by atoms with Gasteiger partial charge in [0, 0.05) is 17.6 Å². The fourth-order valence-corrected chi connectivity index (χ4v) is 4.96. The Hall–Kier alpha value is -3.30. The molecule has 1 aromatic heterocycles. The van der Waals surface area contributed by atoms with E-state index in [4.69, 9.17) is 0 Å². The first-order valence-electron chi connectivity index (χ1n) is 9.76. The fraction of sp³-hybridized carbons (Fsp3) is 0.182. The fourth-order valence-electron chi connectivity index (χ4n) is 3.49. The van der Waals surface area contributed by atoms with Crippen molar-refractivity contribution >= 4 is 33.1 Å². The van der Waals surface area contributed by atoms with Gasteiger partial charge < -0.3 is 10.2 Å². The molecule has 0 radical (unpaired) electrons. The van der Waals surface area contributed by atoms with Crippen LogP contribution in [0.1, 0.15) is 12.5 Å². The first-order valence-corrected chi connectivity index (χ1v) is 11.2. The van der Waals surface area contributed by atoms with Gasteiger partial charge in [0.15, 0.2) is 5.82 Å². The summed E-state index contributed by atoms with van der Waals surface area (Å²) in [7, 11) is -3.94. The number of para-hydroxylation sites is 1. The van der Waals surface area contributed by atoms with E-state index in [0.29, 0.717) is 11.4 Å². The molecule has 4 rings (SSSR count). The van der Waals surface area contributed by atoms with Crippen LogP contribution in [0.25, 0.3) is 0 Å². The van der Waals surface area contributed by atoms with Crippen molar-refractivity contribution in [2.24, 2.45) is 0 Å². The molecule has 0 saturated heterocycles. The third kappa shape index (κ3) is 4.14. The molecular formula is C22H21FN4O3S. The van der Waals surface area contributed by atoms with E-state index in [1.165, 1.54) is 30.5 Å².